The van der Waals surface area contributed by atoms with Crippen LogP contribution in [0.25, 0.3) is 22.6 Å². The third-order valence-corrected chi connectivity index (χ3v) is 6.16. The summed E-state index contributed by atoms with van der Waals surface area (Å²) in [6.07, 6.45) is 6.10. The number of aromatic amines is 1. The molecule has 1 fully saturated rings. The summed E-state index contributed by atoms with van der Waals surface area (Å²) in [4.78, 5) is 32.0. The van der Waals surface area contributed by atoms with Crippen LogP contribution in [0, 0.1) is 0 Å². The number of imidazole rings is 1. The van der Waals surface area contributed by atoms with E-state index < -0.39 is 0 Å². The molecule has 0 saturated carbocycles. The molecule has 8 nitrogen and oxygen atoms in total. The second-order valence-corrected chi connectivity index (χ2v) is 8.47. The number of pyridine rings is 2. The van der Waals surface area contributed by atoms with E-state index >= 15 is 0 Å². The third-order valence-electron chi connectivity index (χ3n) is 5.88. The van der Waals surface area contributed by atoms with Gasteiger partial charge >= 0.3 is 0 Å². The molecule has 1 aromatic carbocycles. The topological polar surface area (TPSA) is 90.0 Å². The van der Waals surface area contributed by atoms with E-state index in [1.165, 1.54) is 5.56 Å². The third kappa shape index (κ3) is 4.67. The fourth-order valence-corrected chi connectivity index (χ4v) is 4.45. The minimum Gasteiger partial charge on any atom is -0.366 e. The number of anilines is 1. The second kappa shape index (κ2) is 9.56. The summed E-state index contributed by atoms with van der Waals surface area (Å²) in [6, 6.07) is 12.0. The number of amides is 1. The summed E-state index contributed by atoms with van der Waals surface area (Å²) in [5, 5.41) is 3.29. The number of halogens is 1. The lowest BCUT2D eigenvalue weighted by atomic mass is 10.1. The fraction of sp³-hybridized carbons (Fsp3) is 0.250. The van der Waals surface area contributed by atoms with E-state index in [9.17, 15) is 4.79 Å². The molecule has 168 valence electrons. The van der Waals surface area contributed by atoms with Gasteiger partial charge in [0.25, 0.3) is 0 Å². The van der Waals surface area contributed by atoms with Gasteiger partial charge in [0.05, 0.1) is 16.9 Å². The van der Waals surface area contributed by atoms with Gasteiger partial charge in [0.15, 0.2) is 5.65 Å². The van der Waals surface area contributed by atoms with Crippen molar-refractivity contribution < 1.29 is 4.79 Å². The standard InChI is InChI=1S/C24H24ClN7O/c25-20-14-28-24-21(29-23(30-24)19-5-3-17(4-6-19)12-27-16-33)22(20)32-10-8-31(9-11-32)15-18-2-1-7-26-13-18/h1-7,13-14,16H,8-12,15H2,(H,27,33)(H,28,29,30). The Kier molecular flexibility index (Phi) is 6.19. The highest BCUT2D eigenvalue weighted by atomic mass is 35.5. The average Bonchev–Trinajstić information content (AvgIpc) is 3.29. The van der Waals surface area contributed by atoms with Gasteiger partial charge in [0.1, 0.15) is 11.3 Å². The molecule has 4 aromatic rings. The Morgan fingerprint density at radius 2 is 1.88 bits per heavy atom. The van der Waals surface area contributed by atoms with Gasteiger partial charge in [0, 0.05) is 57.2 Å². The van der Waals surface area contributed by atoms with Crippen molar-refractivity contribution in [2.45, 2.75) is 13.1 Å². The zero-order chi connectivity index (χ0) is 22.6. The quantitative estimate of drug-likeness (QED) is 0.411. The Hall–Kier alpha value is -3.49. The maximum atomic E-state index is 10.5. The van der Waals surface area contributed by atoms with E-state index in [1.807, 2.05) is 36.5 Å². The Morgan fingerprint density at radius 3 is 2.61 bits per heavy atom. The molecule has 5 rings (SSSR count). The predicted molar refractivity (Wildman–Crippen MR) is 129 cm³/mol. The Bertz CT molecular complexity index is 1240. The first kappa shape index (κ1) is 21.4. The van der Waals surface area contributed by atoms with Gasteiger partial charge in [-0.15, -0.1) is 0 Å². The molecule has 1 aliphatic heterocycles. The summed E-state index contributed by atoms with van der Waals surface area (Å²) in [6.45, 7) is 5.00. The van der Waals surface area contributed by atoms with E-state index in [4.69, 9.17) is 16.6 Å². The summed E-state index contributed by atoms with van der Waals surface area (Å²) in [5.41, 5.74) is 5.65. The molecule has 0 radical (unpaired) electrons. The van der Waals surface area contributed by atoms with Crippen LogP contribution in [0.4, 0.5) is 5.69 Å². The van der Waals surface area contributed by atoms with Crippen LogP contribution in [0.2, 0.25) is 5.02 Å². The van der Waals surface area contributed by atoms with E-state index in [2.05, 4.69) is 36.1 Å². The first-order chi connectivity index (χ1) is 16.2. The molecule has 0 bridgehead atoms. The van der Waals surface area contributed by atoms with Gasteiger partial charge in [-0.1, -0.05) is 41.9 Å². The number of aromatic nitrogens is 4. The number of nitrogens with zero attached hydrogens (tertiary/aromatic N) is 5. The highest BCUT2D eigenvalue weighted by Crippen LogP contribution is 2.34. The van der Waals surface area contributed by atoms with Crippen molar-refractivity contribution >= 4 is 34.9 Å². The first-order valence-electron chi connectivity index (χ1n) is 10.9. The van der Waals surface area contributed by atoms with Crippen LogP contribution in [0.1, 0.15) is 11.1 Å². The second-order valence-electron chi connectivity index (χ2n) is 8.06. The summed E-state index contributed by atoms with van der Waals surface area (Å²) >= 11 is 6.62. The number of hydrogen-bond acceptors (Lipinski definition) is 6. The first-order valence-corrected chi connectivity index (χ1v) is 11.3. The Labute approximate surface area is 196 Å². The number of H-pyrrole nitrogens is 1. The number of hydrogen-bond donors (Lipinski definition) is 2. The minimum absolute atomic E-state index is 0.498. The van der Waals surface area contributed by atoms with E-state index in [1.54, 1.807) is 12.4 Å². The lowest BCUT2D eigenvalue weighted by Crippen LogP contribution is -2.46. The van der Waals surface area contributed by atoms with Crippen molar-refractivity contribution in [1.82, 2.24) is 30.2 Å². The van der Waals surface area contributed by atoms with Crippen LogP contribution >= 0.6 is 11.6 Å². The number of carbonyl (C=O) groups excluding carboxylic acids is 1. The molecule has 0 spiro atoms. The van der Waals surface area contributed by atoms with E-state index in [-0.39, 0.29) is 0 Å². The molecule has 9 heteroatoms. The van der Waals surface area contributed by atoms with Crippen LogP contribution in [0.3, 0.4) is 0 Å². The highest BCUT2D eigenvalue weighted by Gasteiger charge is 2.23. The molecule has 1 aliphatic rings. The molecular formula is C24H24ClN7O. The van der Waals surface area contributed by atoms with Crippen LogP contribution in [0.5, 0.6) is 0 Å². The number of rotatable bonds is 7. The summed E-state index contributed by atoms with van der Waals surface area (Å²) < 4.78 is 0. The lowest BCUT2D eigenvalue weighted by Gasteiger charge is -2.36. The normalized spacial score (nSPS) is 14.5. The van der Waals surface area contributed by atoms with Gasteiger partial charge in [-0.3, -0.25) is 14.7 Å². The number of piperazine rings is 1. The zero-order valence-electron chi connectivity index (χ0n) is 18.0. The van der Waals surface area contributed by atoms with Crippen LogP contribution in [-0.4, -0.2) is 57.4 Å². The Morgan fingerprint density at radius 1 is 1.06 bits per heavy atom. The molecule has 33 heavy (non-hydrogen) atoms. The monoisotopic (exact) mass is 461 g/mol. The molecule has 0 atom stereocenters. The van der Waals surface area contributed by atoms with Crippen molar-refractivity contribution in [1.29, 1.82) is 0 Å². The molecule has 0 unspecified atom stereocenters. The van der Waals surface area contributed by atoms with Gasteiger partial charge in [-0.2, -0.15) is 0 Å². The smallest absolute Gasteiger partial charge is 0.207 e. The van der Waals surface area contributed by atoms with Gasteiger partial charge in [0.2, 0.25) is 6.41 Å². The highest BCUT2D eigenvalue weighted by molar-refractivity contribution is 6.34. The number of nitrogens with one attached hydrogen (secondary N) is 2. The number of fused-ring (bicyclic) bond motifs is 1. The van der Waals surface area contributed by atoms with Crippen molar-refractivity contribution in [3.05, 3.63) is 71.1 Å². The maximum absolute atomic E-state index is 10.5. The van der Waals surface area contributed by atoms with Gasteiger partial charge in [-0.25, -0.2) is 9.97 Å². The predicted octanol–water partition coefficient (Wildman–Crippen LogP) is 3.24. The van der Waals surface area contributed by atoms with Crippen LogP contribution < -0.4 is 10.2 Å². The number of carbonyl (C=O) groups is 1. The van der Waals surface area contributed by atoms with Crippen molar-refractivity contribution in [2.75, 3.05) is 31.1 Å². The van der Waals surface area contributed by atoms with E-state index in [0.717, 1.165) is 60.9 Å². The zero-order valence-corrected chi connectivity index (χ0v) is 18.8. The SMILES string of the molecule is O=CNCc1ccc(-c2nc3ncc(Cl)c(N4CCN(Cc5cccnc5)CC4)c3[nH]2)cc1. The van der Waals surface area contributed by atoms with Gasteiger partial charge < -0.3 is 15.2 Å². The van der Waals surface area contributed by atoms with Crippen LogP contribution in [0.15, 0.2) is 55.0 Å². The van der Waals surface area contributed by atoms with Gasteiger partial charge in [-0.05, 0) is 17.2 Å². The van der Waals surface area contributed by atoms with Crippen LogP contribution in [-0.2, 0) is 17.9 Å². The fourth-order valence-electron chi connectivity index (χ4n) is 4.19. The largest absolute Gasteiger partial charge is 0.366 e. The molecule has 3 aromatic heterocycles. The van der Waals surface area contributed by atoms with Crippen molar-refractivity contribution in [3.63, 3.8) is 0 Å². The molecule has 0 aliphatic carbocycles. The number of benzene rings is 1. The van der Waals surface area contributed by atoms with Crippen molar-refractivity contribution in [2.24, 2.45) is 0 Å². The summed E-state index contributed by atoms with van der Waals surface area (Å²) in [7, 11) is 0. The molecule has 2 N–H and O–H groups in total. The Balaban J connectivity index is 1.35. The molecule has 4 heterocycles. The molecule has 1 saturated heterocycles. The maximum Gasteiger partial charge on any atom is 0.207 e. The summed E-state index contributed by atoms with van der Waals surface area (Å²) in [5.74, 6) is 0.742. The van der Waals surface area contributed by atoms with E-state index in [0.29, 0.717) is 23.6 Å². The van der Waals surface area contributed by atoms with Crippen molar-refractivity contribution in [3.8, 4) is 11.4 Å². The lowest BCUT2D eigenvalue weighted by molar-refractivity contribution is -0.109. The minimum atomic E-state index is 0.498. The average molecular weight is 462 g/mol. The molecule has 1 amide bonds. The molecular weight excluding hydrogens is 438 g/mol.